The van der Waals surface area contributed by atoms with Gasteiger partial charge in [-0.15, -0.1) is 35.3 Å². The van der Waals surface area contributed by atoms with Crippen molar-refractivity contribution in [3.8, 4) is 0 Å². The molecule has 0 unspecified atom stereocenters. The Morgan fingerprint density at radius 2 is 2.09 bits per heavy atom. The van der Waals surface area contributed by atoms with E-state index in [9.17, 15) is 0 Å². The van der Waals surface area contributed by atoms with Crippen LogP contribution in [0.5, 0.6) is 0 Å². The van der Waals surface area contributed by atoms with E-state index in [1.54, 1.807) is 11.3 Å². The molecule has 1 aromatic rings. The lowest BCUT2D eigenvalue weighted by Gasteiger charge is -2.33. The van der Waals surface area contributed by atoms with E-state index in [0.29, 0.717) is 12.6 Å². The van der Waals surface area contributed by atoms with Crippen molar-refractivity contribution in [1.29, 1.82) is 0 Å². The number of thiazole rings is 1. The summed E-state index contributed by atoms with van der Waals surface area (Å²) in [7, 11) is 0. The molecule has 0 atom stereocenters. The van der Waals surface area contributed by atoms with E-state index in [1.807, 2.05) is 6.20 Å². The second-order valence-corrected chi connectivity index (χ2v) is 7.56. The fraction of sp³-hybridized carbons (Fsp3) is 0.750. The van der Waals surface area contributed by atoms with E-state index < -0.39 is 0 Å². The molecule has 2 heterocycles. The van der Waals surface area contributed by atoms with E-state index in [-0.39, 0.29) is 24.0 Å². The average molecular weight is 449 g/mol. The number of halogens is 1. The molecule has 0 radical (unpaired) electrons. The molecule has 2 aliphatic rings. The highest BCUT2D eigenvalue weighted by Gasteiger charge is 2.31. The zero-order valence-corrected chi connectivity index (χ0v) is 17.2. The van der Waals surface area contributed by atoms with Gasteiger partial charge in [-0.3, -0.25) is 0 Å². The number of aromatic nitrogens is 1. The van der Waals surface area contributed by atoms with Gasteiger partial charge in [0.1, 0.15) is 5.01 Å². The topological polar surface area (TPSA) is 52.6 Å². The smallest absolute Gasteiger partial charge is 0.191 e. The first-order valence-electron chi connectivity index (χ1n) is 8.45. The van der Waals surface area contributed by atoms with Crippen LogP contribution < -0.4 is 10.6 Å². The Morgan fingerprint density at radius 1 is 1.35 bits per heavy atom. The largest absolute Gasteiger partial charge is 0.357 e. The third kappa shape index (κ3) is 5.86. The van der Waals surface area contributed by atoms with Crippen molar-refractivity contribution >= 4 is 41.3 Å². The van der Waals surface area contributed by atoms with Gasteiger partial charge in [0.05, 0.1) is 6.54 Å². The van der Waals surface area contributed by atoms with E-state index in [1.165, 1.54) is 43.6 Å². The first kappa shape index (κ1) is 18.9. The van der Waals surface area contributed by atoms with E-state index in [0.717, 1.165) is 23.6 Å². The monoisotopic (exact) mass is 449 g/mol. The van der Waals surface area contributed by atoms with Gasteiger partial charge in [-0.05, 0) is 39.5 Å². The van der Waals surface area contributed by atoms with Crippen LogP contribution >= 0.6 is 35.3 Å². The van der Waals surface area contributed by atoms with Crippen molar-refractivity contribution in [1.82, 2.24) is 20.5 Å². The minimum absolute atomic E-state index is 0. The van der Waals surface area contributed by atoms with E-state index in [2.05, 4.69) is 39.4 Å². The second-order valence-electron chi connectivity index (χ2n) is 6.25. The van der Waals surface area contributed by atoms with Gasteiger partial charge in [0.15, 0.2) is 5.96 Å². The summed E-state index contributed by atoms with van der Waals surface area (Å²) in [5.41, 5.74) is 0. The molecule has 130 valence electrons. The van der Waals surface area contributed by atoms with Crippen LogP contribution in [0.25, 0.3) is 0 Å². The average Bonchev–Trinajstić information content (AvgIpc) is 3.28. The Bertz CT molecular complexity index is 506. The lowest BCUT2D eigenvalue weighted by atomic mass is 10.1. The van der Waals surface area contributed by atoms with Crippen LogP contribution in [0.2, 0.25) is 0 Å². The van der Waals surface area contributed by atoms with Gasteiger partial charge in [0.25, 0.3) is 0 Å². The lowest BCUT2D eigenvalue weighted by molar-refractivity contribution is 0.197. The molecule has 1 aliphatic carbocycles. The first-order valence-corrected chi connectivity index (χ1v) is 9.26. The van der Waals surface area contributed by atoms with Crippen LogP contribution in [0.4, 0.5) is 0 Å². The van der Waals surface area contributed by atoms with Crippen LogP contribution in [-0.4, -0.2) is 47.6 Å². The third-order valence-corrected chi connectivity index (χ3v) is 5.22. The molecule has 0 spiro atoms. The standard InChI is InChI=1S/C16H27N5S.HI/c1-3-17-16(19-11-15-18-10-12(2)22-15)20-13-6-8-21(9-7-13)14-4-5-14;/h10,13-14H,3-9,11H2,1-2H3,(H2,17,19,20);1H. The number of hydrogen-bond acceptors (Lipinski definition) is 4. The van der Waals surface area contributed by atoms with Gasteiger partial charge in [-0.2, -0.15) is 0 Å². The Balaban J connectivity index is 0.00000192. The normalized spacial score (nSPS) is 20.2. The quantitative estimate of drug-likeness (QED) is 0.413. The molecule has 2 N–H and O–H groups in total. The molecule has 2 fully saturated rings. The summed E-state index contributed by atoms with van der Waals surface area (Å²) < 4.78 is 0. The summed E-state index contributed by atoms with van der Waals surface area (Å²) in [5, 5.41) is 8.04. The summed E-state index contributed by atoms with van der Waals surface area (Å²) in [6.45, 7) is 8.21. The predicted octanol–water partition coefficient (Wildman–Crippen LogP) is 2.75. The minimum Gasteiger partial charge on any atom is -0.357 e. The van der Waals surface area contributed by atoms with Crippen LogP contribution in [0.3, 0.4) is 0 Å². The zero-order chi connectivity index (χ0) is 15.4. The SMILES string of the molecule is CCNC(=NCc1ncc(C)s1)NC1CCN(C2CC2)CC1.I. The molecule has 3 rings (SSSR count). The van der Waals surface area contributed by atoms with E-state index in [4.69, 9.17) is 0 Å². The van der Waals surface area contributed by atoms with Crippen molar-refractivity contribution in [3.63, 3.8) is 0 Å². The number of piperidine rings is 1. The molecule has 5 nitrogen and oxygen atoms in total. The maximum absolute atomic E-state index is 4.69. The molecule has 1 aromatic heterocycles. The number of hydrogen-bond donors (Lipinski definition) is 2. The molecular formula is C16H28IN5S. The van der Waals surface area contributed by atoms with Crippen molar-refractivity contribution in [2.24, 2.45) is 4.99 Å². The van der Waals surface area contributed by atoms with Crippen molar-refractivity contribution in [2.75, 3.05) is 19.6 Å². The molecule has 0 aromatic carbocycles. The van der Waals surface area contributed by atoms with Gasteiger partial charge < -0.3 is 15.5 Å². The predicted molar refractivity (Wildman–Crippen MR) is 108 cm³/mol. The van der Waals surface area contributed by atoms with Gasteiger partial charge >= 0.3 is 0 Å². The van der Waals surface area contributed by atoms with E-state index >= 15 is 0 Å². The first-order chi connectivity index (χ1) is 10.7. The zero-order valence-electron chi connectivity index (χ0n) is 14.0. The summed E-state index contributed by atoms with van der Waals surface area (Å²) in [5.74, 6) is 0.931. The van der Waals surface area contributed by atoms with Gasteiger partial charge in [0.2, 0.25) is 0 Å². The van der Waals surface area contributed by atoms with Crippen molar-refractivity contribution in [3.05, 3.63) is 16.1 Å². The highest BCUT2D eigenvalue weighted by atomic mass is 127. The Kier molecular flexibility index (Phi) is 7.55. The van der Waals surface area contributed by atoms with Gasteiger partial charge in [0, 0.05) is 42.8 Å². The molecule has 1 aliphatic heterocycles. The lowest BCUT2D eigenvalue weighted by Crippen LogP contribution is -2.49. The number of guanidine groups is 1. The fourth-order valence-corrected chi connectivity index (χ4v) is 3.69. The Labute approximate surface area is 160 Å². The van der Waals surface area contributed by atoms with Crippen LogP contribution in [0.1, 0.15) is 42.5 Å². The minimum atomic E-state index is 0. The maximum atomic E-state index is 4.69. The van der Waals surface area contributed by atoms with Crippen LogP contribution in [0.15, 0.2) is 11.2 Å². The highest BCUT2D eigenvalue weighted by molar-refractivity contribution is 14.0. The molecule has 0 amide bonds. The summed E-state index contributed by atoms with van der Waals surface area (Å²) in [4.78, 5) is 13.0. The number of aliphatic imine (C=N–C) groups is 1. The summed E-state index contributed by atoms with van der Waals surface area (Å²) in [6.07, 6.45) is 7.18. The fourth-order valence-electron chi connectivity index (χ4n) is 2.98. The van der Waals surface area contributed by atoms with Crippen molar-refractivity contribution in [2.45, 2.75) is 58.2 Å². The van der Waals surface area contributed by atoms with Crippen LogP contribution in [0, 0.1) is 6.92 Å². The third-order valence-electron chi connectivity index (χ3n) is 4.32. The maximum Gasteiger partial charge on any atom is 0.191 e. The molecule has 1 saturated heterocycles. The molecule has 1 saturated carbocycles. The second kappa shape index (κ2) is 9.17. The van der Waals surface area contributed by atoms with Crippen molar-refractivity contribution < 1.29 is 0 Å². The molecular weight excluding hydrogens is 421 g/mol. The number of likely N-dealkylation sites (tertiary alicyclic amines) is 1. The number of nitrogens with one attached hydrogen (secondary N) is 2. The Hall–Kier alpha value is -0.410. The summed E-state index contributed by atoms with van der Waals surface area (Å²) in [6, 6.07) is 1.45. The number of rotatable bonds is 5. The highest BCUT2D eigenvalue weighted by Crippen LogP contribution is 2.29. The molecule has 0 bridgehead atoms. The summed E-state index contributed by atoms with van der Waals surface area (Å²) >= 11 is 1.72. The van der Waals surface area contributed by atoms with Gasteiger partial charge in [-0.25, -0.2) is 9.98 Å². The number of nitrogens with zero attached hydrogens (tertiary/aromatic N) is 3. The molecule has 23 heavy (non-hydrogen) atoms. The molecule has 7 heteroatoms. The number of aryl methyl sites for hydroxylation is 1. The Morgan fingerprint density at radius 3 is 2.65 bits per heavy atom. The van der Waals surface area contributed by atoms with Gasteiger partial charge in [-0.1, -0.05) is 0 Å². The van der Waals surface area contributed by atoms with Crippen LogP contribution in [-0.2, 0) is 6.54 Å².